The molecule has 34 heavy (non-hydrogen) atoms. The number of halogens is 1. The fraction of sp³-hybridized carbons (Fsp3) is 0.542. The number of anilines is 1. The first-order valence-electron chi connectivity index (χ1n) is 12.1. The molecule has 1 aromatic carbocycles. The van der Waals surface area contributed by atoms with E-state index < -0.39 is 23.3 Å². The summed E-state index contributed by atoms with van der Waals surface area (Å²) in [4.78, 5) is 39.0. The second-order valence-corrected chi connectivity index (χ2v) is 9.42. The zero-order valence-electron chi connectivity index (χ0n) is 19.1. The van der Waals surface area contributed by atoms with Crippen molar-refractivity contribution in [1.29, 1.82) is 0 Å². The lowest BCUT2D eigenvalue weighted by Crippen LogP contribution is -2.48. The summed E-state index contributed by atoms with van der Waals surface area (Å²) in [7, 11) is 0. The van der Waals surface area contributed by atoms with Gasteiger partial charge in [-0.1, -0.05) is 25.7 Å². The number of amides is 4. The van der Waals surface area contributed by atoms with Crippen LogP contribution in [0.2, 0.25) is 0 Å². The summed E-state index contributed by atoms with van der Waals surface area (Å²) < 4.78 is 16.6. The van der Waals surface area contributed by atoms with Crippen molar-refractivity contribution in [3.63, 3.8) is 0 Å². The first-order valence-corrected chi connectivity index (χ1v) is 12.1. The van der Waals surface area contributed by atoms with E-state index in [9.17, 15) is 18.8 Å². The highest BCUT2D eigenvalue weighted by atomic mass is 19.1. The van der Waals surface area contributed by atoms with Crippen LogP contribution < -0.4 is 10.6 Å². The highest BCUT2D eigenvalue weighted by Gasteiger charge is 2.51. The molecule has 3 aliphatic rings. The molecule has 2 N–H and O–H groups in total. The third-order valence-electron chi connectivity index (χ3n) is 7.12. The topological polar surface area (TPSA) is 109 Å². The molecule has 2 fully saturated rings. The first-order chi connectivity index (χ1) is 16.5. The molecule has 3 heterocycles. The number of nitrogens with zero attached hydrogens (tertiary/aromatic N) is 4. The number of aromatic nitrogens is 3. The van der Waals surface area contributed by atoms with Crippen molar-refractivity contribution in [2.45, 2.75) is 76.3 Å². The van der Waals surface area contributed by atoms with Crippen molar-refractivity contribution in [3.8, 4) is 11.4 Å². The third-order valence-corrected chi connectivity index (χ3v) is 7.12. The molecule has 4 amide bonds. The highest BCUT2D eigenvalue weighted by Crippen LogP contribution is 2.34. The van der Waals surface area contributed by atoms with Gasteiger partial charge < -0.3 is 15.2 Å². The van der Waals surface area contributed by atoms with Gasteiger partial charge in [-0.25, -0.2) is 9.18 Å². The summed E-state index contributed by atoms with van der Waals surface area (Å²) >= 11 is 0. The van der Waals surface area contributed by atoms with Crippen LogP contribution in [-0.2, 0) is 22.6 Å². The standard InChI is InChI=1S/C24H29FN6O3/c25-17-9-8-16(21-29-28-19-7-3-1-6-13-30(19)21)15-18(17)26-20(32)10-14-31-22(33)24(27-23(31)34)11-4-2-5-12-24/h8-9,15H,1-7,10-14H2,(H,26,32)(H,27,34). The maximum atomic E-state index is 14.5. The number of carbonyl (C=O) groups excluding carboxylic acids is 3. The van der Waals surface area contributed by atoms with Gasteiger partial charge in [0.25, 0.3) is 5.91 Å². The number of nitrogens with one attached hydrogen (secondary N) is 2. The van der Waals surface area contributed by atoms with Gasteiger partial charge >= 0.3 is 6.03 Å². The smallest absolute Gasteiger partial charge is 0.324 e. The van der Waals surface area contributed by atoms with E-state index in [4.69, 9.17) is 0 Å². The number of imide groups is 1. The second kappa shape index (κ2) is 9.15. The van der Waals surface area contributed by atoms with Crippen molar-refractivity contribution in [2.24, 2.45) is 0 Å². The molecule has 0 unspecified atom stereocenters. The largest absolute Gasteiger partial charge is 0.325 e. The monoisotopic (exact) mass is 468 g/mol. The zero-order valence-corrected chi connectivity index (χ0v) is 19.1. The Morgan fingerprint density at radius 2 is 1.88 bits per heavy atom. The summed E-state index contributed by atoms with van der Waals surface area (Å²) in [6, 6.07) is 4.03. The molecule has 0 bridgehead atoms. The quantitative estimate of drug-likeness (QED) is 0.654. The highest BCUT2D eigenvalue weighted by molar-refractivity contribution is 6.07. The fourth-order valence-electron chi connectivity index (χ4n) is 5.26. The Morgan fingerprint density at radius 1 is 1.09 bits per heavy atom. The predicted octanol–water partition coefficient (Wildman–Crippen LogP) is 3.39. The molecule has 2 aromatic rings. The molecule has 180 valence electrons. The van der Waals surface area contributed by atoms with Crippen LogP contribution in [0.25, 0.3) is 11.4 Å². The van der Waals surface area contributed by atoms with E-state index in [1.807, 2.05) is 0 Å². The average molecular weight is 469 g/mol. The molecule has 1 aromatic heterocycles. The Balaban J connectivity index is 1.25. The summed E-state index contributed by atoms with van der Waals surface area (Å²) in [5.41, 5.74) is -0.109. The normalized spacial score (nSPS) is 19.6. The van der Waals surface area contributed by atoms with E-state index >= 15 is 0 Å². The fourth-order valence-corrected chi connectivity index (χ4v) is 5.26. The molecule has 1 saturated heterocycles. The van der Waals surface area contributed by atoms with Crippen LogP contribution in [0.5, 0.6) is 0 Å². The van der Waals surface area contributed by atoms with Gasteiger partial charge in [0.05, 0.1) is 5.69 Å². The van der Waals surface area contributed by atoms with Gasteiger partial charge in [-0.3, -0.25) is 14.5 Å². The number of benzene rings is 1. The van der Waals surface area contributed by atoms with Crippen molar-refractivity contribution in [1.82, 2.24) is 25.0 Å². The van der Waals surface area contributed by atoms with Crippen LogP contribution >= 0.6 is 0 Å². The number of carbonyl (C=O) groups is 3. The first kappa shape index (κ1) is 22.5. The van der Waals surface area contributed by atoms with Crippen LogP contribution in [0.15, 0.2) is 18.2 Å². The minimum Gasteiger partial charge on any atom is -0.324 e. The number of hydrogen-bond donors (Lipinski definition) is 2. The van der Waals surface area contributed by atoms with E-state index in [1.54, 1.807) is 12.1 Å². The number of rotatable bonds is 5. The maximum Gasteiger partial charge on any atom is 0.325 e. The second-order valence-electron chi connectivity index (χ2n) is 9.42. The van der Waals surface area contributed by atoms with Crippen molar-refractivity contribution in [2.75, 3.05) is 11.9 Å². The molecule has 2 aliphatic heterocycles. The van der Waals surface area contributed by atoms with Crippen molar-refractivity contribution >= 4 is 23.5 Å². The number of urea groups is 1. The van der Waals surface area contributed by atoms with Gasteiger partial charge in [0.1, 0.15) is 17.2 Å². The molecule has 10 heteroatoms. The maximum absolute atomic E-state index is 14.5. The molecule has 0 radical (unpaired) electrons. The molecule has 0 atom stereocenters. The van der Waals surface area contributed by atoms with Gasteiger partial charge in [-0.05, 0) is 43.9 Å². The van der Waals surface area contributed by atoms with E-state index in [1.165, 1.54) is 6.07 Å². The van der Waals surface area contributed by atoms with Crippen molar-refractivity contribution in [3.05, 3.63) is 29.8 Å². The van der Waals surface area contributed by atoms with Crippen LogP contribution in [0.1, 0.15) is 63.6 Å². The summed E-state index contributed by atoms with van der Waals surface area (Å²) in [6.45, 7) is 0.765. The molecular weight excluding hydrogens is 439 g/mol. The van der Waals surface area contributed by atoms with E-state index in [-0.39, 0.29) is 24.6 Å². The Labute approximate surface area is 197 Å². The SMILES string of the molecule is O=C(CCN1C(=O)NC2(CCCCC2)C1=O)Nc1cc(-c2nnc3n2CCCCC3)ccc1F. The molecule has 1 spiro atoms. The summed E-state index contributed by atoms with van der Waals surface area (Å²) in [5.74, 6) is 0.284. The van der Waals surface area contributed by atoms with Gasteiger partial charge in [-0.15, -0.1) is 10.2 Å². The molecule has 1 saturated carbocycles. The van der Waals surface area contributed by atoms with E-state index in [2.05, 4.69) is 25.4 Å². The van der Waals surface area contributed by atoms with Crippen LogP contribution in [0.4, 0.5) is 14.9 Å². The summed E-state index contributed by atoms with van der Waals surface area (Å²) in [6.07, 6.45) is 8.09. The summed E-state index contributed by atoms with van der Waals surface area (Å²) in [5, 5.41) is 14.0. The number of hydrogen-bond acceptors (Lipinski definition) is 5. The lowest BCUT2D eigenvalue weighted by atomic mass is 9.82. The molecule has 1 aliphatic carbocycles. The minimum absolute atomic E-state index is 0.0365. The average Bonchev–Trinajstić information content (AvgIpc) is 3.21. The van der Waals surface area contributed by atoms with Gasteiger partial charge in [-0.2, -0.15) is 0 Å². The molecule has 9 nitrogen and oxygen atoms in total. The minimum atomic E-state index is -0.817. The predicted molar refractivity (Wildman–Crippen MR) is 122 cm³/mol. The van der Waals surface area contributed by atoms with Gasteiger partial charge in [0, 0.05) is 31.5 Å². The van der Waals surface area contributed by atoms with E-state index in [0.29, 0.717) is 24.2 Å². The van der Waals surface area contributed by atoms with Crippen molar-refractivity contribution < 1.29 is 18.8 Å². The van der Waals surface area contributed by atoms with Crippen LogP contribution in [0.3, 0.4) is 0 Å². The van der Waals surface area contributed by atoms with Crippen LogP contribution in [-0.4, -0.2) is 49.6 Å². The Hall–Kier alpha value is -3.30. The zero-order chi connectivity index (χ0) is 23.7. The third kappa shape index (κ3) is 4.17. The lowest BCUT2D eigenvalue weighted by molar-refractivity contribution is -0.132. The van der Waals surface area contributed by atoms with Gasteiger partial charge in [0.15, 0.2) is 5.82 Å². The molecule has 5 rings (SSSR count). The van der Waals surface area contributed by atoms with E-state index in [0.717, 1.165) is 62.2 Å². The number of aryl methyl sites for hydroxylation is 1. The molecular formula is C24H29FN6O3. The number of fused-ring (bicyclic) bond motifs is 1. The lowest BCUT2D eigenvalue weighted by Gasteiger charge is -2.30. The Morgan fingerprint density at radius 3 is 2.71 bits per heavy atom. The Bertz CT molecular complexity index is 1120. The van der Waals surface area contributed by atoms with Gasteiger partial charge in [0.2, 0.25) is 5.91 Å². The Kier molecular flexibility index (Phi) is 6.05. The van der Waals surface area contributed by atoms with Crippen LogP contribution in [0, 0.1) is 5.82 Å².